The van der Waals surface area contributed by atoms with Gasteiger partial charge in [0.2, 0.25) is 5.91 Å². The third-order valence-electron chi connectivity index (χ3n) is 4.58. The van der Waals surface area contributed by atoms with E-state index in [2.05, 4.69) is 29.4 Å². The largest absolute Gasteiger partial charge is 0.376 e. The van der Waals surface area contributed by atoms with E-state index in [1.165, 1.54) is 12.8 Å². The lowest BCUT2D eigenvalue weighted by Crippen LogP contribution is -2.45. The summed E-state index contributed by atoms with van der Waals surface area (Å²) < 4.78 is 5.54. The highest BCUT2D eigenvalue weighted by atomic mass is 16.5. The maximum atomic E-state index is 12.1. The van der Waals surface area contributed by atoms with Gasteiger partial charge in [0.1, 0.15) is 0 Å². The van der Waals surface area contributed by atoms with Crippen LogP contribution in [0.25, 0.3) is 0 Å². The van der Waals surface area contributed by atoms with E-state index in [1.807, 2.05) is 0 Å². The van der Waals surface area contributed by atoms with Gasteiger partial charge in [-0.1, -0.05) is 0 Å². The van der Waals surface area contributed by atoms with Gasteiger partial charge >= 0.3 is 0 Å². The average molecular weight is 297 g/mol. The zero-order valence-electron chi connectivity index (χ0n) is 13.6. The number of piperidine rings is 1. The van der Waals surface area contributed by atoms with Crippen LogP contribution in [0, 0.1) is 5.92 Å². The Morgan fingerprint density at radius 2 is 2.10 bits per heavy atom. The van der Waals surface area contributed by atoms with E-state index >= 15 is 0 Å². The van der Waals surface area contributed by atoms with Gasteiger partial charge in [-0.3, -0.25) is 9.69 Å². The topological polar surface area (TPSA) is 53.6 Å². The molecule has 0 saturated carbocycles. The van der Waals surface area contributed by atoms with Crippen molar-refractivity contribution in [2.24, 2.45) is 5.92 Å². The third kappa shape index (κ3) is 5.93. The highest BCUT2D eigenvalue weighted by Gasteiger charge is 2.22. The maximum Gasteiger partial charge on any atom is 0.234 e. The highest BCUT2D eigenvalue weighted by molar-refractivity contribution is 5.78. The van der Waals surface area contributed by atoms with Crippen LogP contribution in [0.2, 0.25) is 0 Å². The van der Waals surface area contributed by atoms with Crippen LogP contribution in [-0.2, 0) is 9.53 Å². The summed E-state index contributed by atoms with van der Waals surface area (Å²) in [6.07, 6.45) is 4.87. The van der Waals surface area contributed by atoms with Crippen molar-refractivity contribution < 1.29 is 9.53 Å². The van der Waals surface area contributed by atoms with Gasteiger partial charge in [0.25, 0.3) is 0 Å². The Balaban J connectivity index is 1.71. The summed E-state index contributed by atoms with van der Waals surface area (Å²) in [5, 5.41) is 6.43. The van der Waals surface area contributed by atoms with Gasteiger partial charge in [-0.05, 0) is 58.5 Å². The molecule has 2 aliphatic rings. The number of amides is 1. The quantitative estimate of drug-likeness (QED) is 0.736. The van der Waals surface area contributed by atoms with Crippen LogP contribution in [0.5, 0.6) is 0 Å². The summed E-state index contributed by atoms with van der Waals surface area (Å²) in [4.78, 5) is 14.4. The molecule has 0 radical (unpaired) electrons. The second-order valence-corrected chi connectivity index (χ2v) is 6.66. The number of carbonyl (C=O) groups excluding carboxylic acids is 1. The van der Waals surface area contributed by atoms with Crippen molar-refractivity contribution in [2.45, 2.75) is 51.7 Å². The molecule has 1 unspecified atom stereocenters. The summed E-state index contributed by atoms with van der Waals surface area (Å²) in [5.41, 5.74) is 0. The van der Waals surface area contributed by atoms with Crippen LogP contribution >= 0.6 is 0 Å². The van der Waals surface area contributed by atoms with Crippen LogP contribution in [-0.4, -0.2) is 62.3 Å². The van der Waals surface area contributed by atoms with Gasteiger partial charge in [-0.15, -0.1) is 0 Å². The van der Waals surface area contributed by atoms with Crippen molar-refractivity contribution in [1.29, 1.82) is 0 Å². The van der Waals surface area contributed by atoms with Gasteiger partial charge in [0.15, 0.2) is 0 Å². The molecule has 5 nitrogen and oxygen atoms in total. The highest BCUT2D eigenvalue weighted by Crippen LogP contribution is 2.15. The average Bonchev–Trinajstić information content (AvgIpc) is 2.99. The molecule has 0 aliphatic carbocycles. The maximum absolute atomic E-state index is 12.1. The predicted molar refractivity (Wildman–Crippen MR) is 84.3 cm³/mol. The molecule has 1 amide bonds. The Kier molecular flexibility index (Phi) is 6.93. The number of rotatable bonds is 7. The molecule has 122 valence electrons. The molecule has 1 atom stereocenters. The molecule has 0 spiro atoms. The first-order chi connectivity index (χ1) is 10.1. The smallest absolute Gasteiger partial charge is 0.234 e. The summed E-state index contributed by atoms with van der Waals surface area (Å²) in [6, 6.07) is 0.411. The SMILES string of the molecule is CC(C)N(CC(=O)NCC1CCCO1)CC1CCNCC1. The monoisotopic (exact) mass is 297 g/mol. The Morgan fingerprint density at radius 1 is 1.33 bits per heavy atom. The third-order valence-corrected chi connectivity index (χ3v) is 4.58. The van der Waals surface area contributed by atoms with Crippen molar-refractivity contribution >= 4 is 5.91 Å². The van der Waals surface area contributed by atoms with Crippen molar-refractivity contribution in [3.05, 3.63) is 0 Å². The molecule has 2 heterocycles. The number of hydrogen-bond donors (Lipinski definition) is 2. The lowest BCUT2D eigenvalue weighted by molar-refractivity contribution is -0.123. The minimum absolute atomic E-state index is 0.133. The first-order valence-corrected chi connectivity index (χ1v) is 8.48. The molecule has 0 aromatic rings. The molecular formula is C16H31N3O2. The second kappa shape index (κ2) is 8.71. The van der Waals surface area contributed by atoms with E-state index in [9.17, 15) is 4.79 Å². The van der Waals surface area contributed by atoms with E-state index in [0.29, 0.717) is 19.1 Å². The molecule has 2 fully saturated rings. The molecule has 21 heavy (non-hydrogen) atoms. The molecule has 2 N–H and O–H groups in total. The molecule has 2 saturated heterocycles. The molecule has 0 aromatic carbocycles. The lowest BCUT2D eigenvalue weighted by atomic mass is 9.97. The second-order valence-electron chi connectivity index (χ2n) is 6.66. The van der Waals surface area contributed by atoms with Crippen LogP contribution in [0.4, 0.5) is 0 Å². The van der Waals surface area contributed by atoms with Crippen LogP contribution in [0.1, 0.15) is 39.5 Å². The number of ether oxygens (including phenoxy) is 1. The van der Waals surface area contributed by atoms with Crippen molar-refractivity contribution in [3.63, 3.8) is 0 Å². The summed E-state index contributed by atoms with van der Waals surface area (Å²) in [6.45, 7) is 9.63. The van der Waals surface area contributed by atoms with Crippen molar-refractivity contribution in [1.82, 2.24) is 15.5 Å². The molecular weight excluding hydrogens is 266 g/mol. The zero-order chi connectivity index (χ0) is 15.1. The van der Waals surface area contributed by atoms with Gasteiger partial charge in [-0.25, -0.2) is 0 Å². The molecule has 0 bridgehead atoms. The van der Waals surface area contributed by atoms with Gasteiger partial charge < -0.3 is 15.4 Å². The number of nitrogens with one attached hydrogen (secondary N) is 2. The van der Waals surface area contributed by atoms with E-state index in [4.69, 9.17) is 4.74 Å². The van der Waals surface area contributed by atoms with Crippen molar-refractivity contribution in [2.75, 3.05) is 39.3 Å². The normalized spacial score (nSPS) is 23.9. The molecule has 2 aliphatic heterocycles. The fourth-order valence-electron chi connectivity index (χ4n) is 3.13. The minimum Gasteiger partial charge on any atom is -0.376 e. The van der Waals surface area contributed by atoms with Gasteiger partial charge in [0, 0.05) is 25.7 Å². The first kappa shape index (κ1) is 16.7. The Labute approximate surface area is 128 Å². The number of carbonyl (C=O) groups is 1. The Bertz CT molecular complexity index is 311. The number of hydrogen-bond acceptors (Lipinski definition) is 4. The summed E-state index contributed by atoms with van der Waals surface area (Å²) in [7, 11) is 0. The first-order valence-electron chi connectivity index (χ1n) is 8.48. The zero-order valence-corrected chi connectivity index (χ0v) is 13.6. The van der Waals surface area contributed by atoms with Crippen LogP contribution in [0.15, 0.2) is 0 Å². The van der Waals surface area contributed by atoms with E-state index in [1.54, 1.807) is 0 Å². The Morgan fingerprint density at radius 3 is 2.71 bits per heavy atom. The van der Waals surface area contributed by atoms with E-state index < -0.39 is 0 Å². The molecule has 2 rings (SSSR count). The number of nitrogens with zero attached hydrogens (tertiary/aromatic N) is 1. The fraction of sp³-hybridized carbons (Fsp3) is 0.938. The Hall–Kier alpha value is -0.650. The summed E-state index contributed by atoms with van der Waals surface area (Å²) in [5.74, 6) is 0.854. The lowest BCUT2D eigenvalue weighted by Gasteiger charge is -2.32. The van der Waals surface area contributed by atoms with Crippen LogP contribution < -0.4 is 10.6 Å². The fourth-order valence-corrected chi connectivity index (χ4v) is 3.13. The van der Waals surface area contributed by atoms with E-state index in [0.717, 1.165) is 45.0 Å². The predicted octanol–water partition coefficient (Wildman–Crippen LogP) is 0.992. The molecule has 0 aromatic heterocycles. The van der Waals surface area contributed by atoms with Crippen LogP contribution in [0.3, 0.4) is 0 Å². The van der Waals surface area contributed by atoms with Crippen molar-refractivity contribution in [3.8, 4) is 0 Å². The summed E-state index contributed by atoms with van der Waals surface area (Å²) >= 11 is 0. The standard InChI is InChI=1S/C16H31N3O2/c1-13(2)19(11-14-5-7-17-8-6-14)12-16(20)18-10-15-4-3-9-21-15/h13-15,17H,3-12H2,1-2H3,(H,18,20). The van der Waals surface area contributed by atoms with E-state index in [-0.39, 0.29) is 12.0 Å². The van der Waals surface area contributed by atoms with Gasteiger partial charge in [0.05, 0.1) is 12.6 Å². The van der Waals surface area contributed by atoms with Gasteiger partial charge in [-0.2, -0.15) is 0 Å². The molecule has 5 heteroatoms. The minimum atomic E-state index is 0.133.